The smallest absolute Gasteiger partial charge is 0.257 e. The summed E-state index contributed by atoms with van der Waals surface area (Å²) in [6.07, 6.45) is 0.870. The zero-order valence-electron chi connectivity index (χ0n) is 11.6. The third-order valence-corrected chi connectivity index (χ3v) is 3.46. The van der Waals surface area contributed by atoms with Crippen molar-refractivity contribution in [1.82, 2.24) is 4.98 Å². The molecule has 21 heavy (non-hydrogen) atoms. The van der Waals surface area contributed by atoms with Gasteiger partial charge in [-0.25, -0.2) is 0 Å². The summed E-state index contributed by atoms with van der Waals surface area (Å²) in [5.74, 6) is 0.745. The highest BCUT2D eigenvalue weighted by molar-refractivity contribution is 5.83. The molecule has 4 N–H and O–H groups in total. The third kappa shape index (κ3) is 3.05. The number of aromatic nitrogens is 1. The molecule has 4 heteroatoms. The maximum Gasteiger partial charge on any atom is 0.257 e. The van der Waals surface area contributed by atoms with Crippen LogP contribution in [0.3, 0.4) is 0 Å². The lowest BCUT2D eigenvalue weighted by atomic mass is 10.1. The van der Waals surface area contributed by atoms with E-state index in [1.165, 1.54) is 5.56 Å². The molecule has 1 heterocycles. The molecule has 0 saturated heterocycles. The van der Waals surface area contributed by atoms with Gasteiger partial charge in [0.25, 0.3) is 5.56 Å². The number of aromatic amines is 1. The summed E-state index contributed by atoms with van der Waals surface area (Å²) >= 11 is 0. The molecule has 0 aliphatic rings. The summed E-state index contributed by atoms with van der Waals surface area (Å²) in [5.41, 5.74) is 7.57. The van der Waals surface area contributed by atoms with Crippen LogP contribution in [0.4, 0.5) is 11.5 Å². The number of nitrogen functional groups attached to an aromatic ring is 1. The van der Waals surface area contributed by atoms with E-state index in [9.17, 15) is 4.79 Å². The molecule has 0 aliphatic heterocycles. The van der Waals surface area contributed by atoms with Crippen molar-refractivity contribution in [2.75, 3.05) is 17.6 Å². The van der Waals surface area contributed by atoms with E-state index >= 15 is 0 Å². The van der Waals surface area contributed by atoms with E-state index in [0.29, 0.717) is 5.39 Å². The monoisotopic (exact) mass is 279 g/mol. The molecule has 0 saturated carbocycles. The van der Waals surface area contributed by atoms with E-state index in [-0.39, 0.29) is 5.56 Å². The summed E-state index contributed by atoms with van der Waals surface area (Å²) in [4.78, 5) is 14.8. The number of rotatable bonds is 4. The van der Waals surface area contributed by atoms with Gasteiger partial charge in [0.15, 0.2) is 0 Å². The van der Waals surface area contributed by atoms with Crippen molar-refractivity contribution in [3.63, 3.8) is 0 Å². The first-order valence-electron chi connectivity index (χ1n) is 6.93. The summed E-state index contributed by atoms with van der Waals surface area (Å²) in [6, 6.07) is 17.3. The zero-order chi connectivity index (χ0) is 14.7. The summed E-state index contributed by atoms with van der Waals surface area (Å²) < 4.78 is 0. The largest absolute Gasteiger partial charge is 0.399 e. The maximum absolute atomic E-state index is 12.0. The van der Waals surface area contributed by atoms with E-state index in [4.69, 9.17) is 5.73 Å². The van der Waals surface area contributed by atoms with Gasteiger partial charge in [-0.15, -0.1) is 0 Å². The molecule has 0 radical (unpaired) electrons. The predicted molar refractivity (Wildman–Crippen MR) is 87.6 cm³/mol. The van der Waals surface area contributed by atoms with Crippen LogP contribution in [0.1, 0.15) is 5.56 Å². The van der Waals surface area contributed by atoms with Gasteiger partial charge < -0.3 is 16.0 Å². The summed E-state index contributed by atoms with van der Waals surface area (Å²) in [7, 11) is 0. The molecule has 0 unspecified atom stereocenters. The second kappa shape index (κ2) is 5.71. The standard InChI is InChI=1S/C17H17N3O/c18-14-7-5-12(6-8-14)9-10-19-16-11-13-3-1-2-4-15(13)17(21)20-16/h1-8,11H,9-10,18H2,(H2,19,20,21). The Bertz CT molecular complexity index is 806. The van der Waals surface area contributed by atoms with Gasteiger partial charge in [0, 0.05) is 17.6 Å². The Morgan fingerprint density at radius 3 is 2.62 bits per heavy atom. The fourth-order valence-electron chi connectivity index (χ4n) is 2.33. The van der Waals surface area contributed by atoms with Gasteiger partial charge in [-0.1, -0.05) is 30.3 Å². The van der Waals surface area contributed by atoms with Gasteiger partial charge in [0.2, 0.25) is 0 Å². The van der Waals surface area contributed by atoms with Crippen LogP contribution < -0.4 is 16.6 Å². The van der Waals surface area contributed by atoms with Crippen molar-refractivity contribution in [2.24, 2.45) is 0 Å². The number of H-pyrrole nitrogens is 1. The Morgan fingerprint density at radius 2 is 1.81 bits per heavy atom. The van der Waals surface area contributed by atoms with Gasteiger partial charge in [-0.3, -0.25) is 4.79 Å². The van der Waals surface area contributed by atoms with Crippen LogP contribution in [-0.4, -0.2) is 11.5 Å². The van der Waals surface area contributed by atoms with Gasteiger partial charge in [0.05, 0.1) is 0 Å². The first-order chi connectivity index (χ1) is 10.2. The number of anilines is 2. The highest BCUT2D eigenvalue weighted by atomic mass is 16.1. The quantitative estimate of drug-likeness (QED) is 0.643. The SMILES string of the molecule is Nc1ccc(CCNc2cc3ccccc3c(=O)[nH]2)cc1. The number of pyridine rings is 1. The first-order valence-corrected chi connectivity index (χ1v) is 6.93. The number of hydrogen-bond acceptors (Lipinski definition) is 3. The predicted octanol–water partition coefficient (Wildman–Crippen LogP) is 2.76. The molecule has 0 bridgehead atoms. The van der Waals surface area contributed by atoms with E-state index in [2.05, 4.69) is 10.3 Å². The molecule has 0 aliphatic carbocycles. The molecular formula is C17H17N3O. The molecule has 4 nitrogen and oxygen atoms in total. The second-order valence-corrected chi connectivity index (χ2v) is 5.02. The molecule has 2 aromatic carbocycles. The van der Waals surface area contributed by atoms with E-state index in [0.717, 1.165) is 29.9 Å². The lowest BCUT2D eigenvalue weighted by Crippen LogP contribution is -2.12. The summed E-state index contributed by atoms with van der Waals surface area (Å²) in [6.45, 7) is 0.748. The van der Waals surface area contributed by atoms with Gasteiger partial charge in [-0.2, -0.15) is 0 Å². The van der Waals surface area contributed by atoms with Crippen molar-refractivity contribution in [3.05, 3.63) is 70.5 Å². The third-order valence-electron chi connectivity index (χ3n) is 3.46. The Balaban J connectivity index is 1.70. The van der Waals surface area contributed by atoms with Crippen LogP contribution in [0.5, 0.6) is 0 Å². The number of hydrogen-bond donors (Lipinski definition) is 3. The molecule has 106 valence electrons. The Hall–Kier alpha value is -2.75. The zero-order valence-corrected chi connectivity index (χ0v) is 11.6. The Labute approximate surface area is 122 Å². The van der Waals surface area contributed by atoms with Crippen molar-refractivity contribution in [3.8, 4) is 0 Å². The first kappa shape index (κ1) is 13.2. The number of benzene rings is 2. The van der Waals surface area contributed by atoms with Gasteiger partial charge in [0.1, 0.15) is 5.82 Å². The van der Waals surface area contributed by atoms with Crippen LogP contribution in [0, 0.1) is 0 Å². The number of nitrogens with two attached hydrogens (primary N) is 1. The molecule has 0 fully saturated rings. The average Bonchev–Trinajstić information content (AvgIpc) is 2.49. The molecule has 3 rings (SSSR count). The lowest BCUT2D eigenvalue weighted by Gasteiger charge is -2.07. The highest BCUT2D eigenvalue weighted by Gasteiger charge is 2.01. The van der Waals surface area contributed by atoms with Crippen LogP contribution >= 0.6 is 0 Å². The van der Waals surface area contributed by atoms with Crippen molar-refractivity contribution in [2.45, 2.75) is 6.42 Å². The van der Waals surface area contributed by atoms with Crippen molar-refractivity contribution < 1.29 is 0 Å². The van der Waals surface area contributed by atoms with Gasteiger partial charge >= 0.3 is 0 Å². The minimum absolute atomic E-state index is 0.0666. The molecule has 1 aromatic heterocycles. The van der Waals surface area contributed by atoms with Crippen LogP contribution in [0.25, 0.3) is 10.8 Å². The van der Waals surface area contributed by atoms with Crippen molar-refractivity contribution in [1.29, 1.82) is 0 Å². The number of fused-ring (bicyclic) bond motifs is 1. The van der Waals surface area contributed by atoms with Crippen LogP contribution in [0.15, 0.2) is 59.4 Å². The fourth-order valence-corrected chi connectivity index (χ4v) is 2.33. The van der Waals surface area contributed by atoms with E-state index < -0.39 is 0 Å². The van der Waals surface area contributed by atoms with E-state index in [1.54, 1.807) is 0 Å². The van der Waals surface area contributed by atoms with E-state index in [1.807, 2.05) is 54.6 Å². The second-order valence-electron chi connectivity index (χ2n) is 5.02. The average molecular weight is 279 g/mol. The fraction of sp³-hybridized carbons (Fsp3) is 0.118. The van der Waals surface area contributed by atoms with Gasteiger partial charge in [-0.05, 0) is 41.6 Å². The molecule has 0 atom stereocenters. The molecule has 3 aromatic rings. The summed E-state index contributed by atoms with van der Waals surface area (Å²) in [5, 5.41) is 4.90. The lowest BCUT2D eigenvalue weighted by molar-refractivity contribution is 1.00. The minimum atomic E-state index is -0.0666. The molecule has 0 spiro atoms. The maximum atomic E-state index is 12.0. The number of nitrogens with one attached hydrogen (secondary N) is 2. The highest BCUT2D eigenvalue weighted by Crippen LogP contribution is 2.13. The van der Waals surface area contributed by atoms with Crippen molar-refractivity contribution >= 4 is 22.3 Å². The van der Waals surface area contributed by atoms with Crippen LogP contribution in [0.2, 0.25) is 0 Å². The molecule has 0 amide bonds. The minimum Gasteiger partial charge on any atom is -0.399 e. The van der Waals surface area contributed by atoms with Crippen LogP contribution in [-0.2, 0) is 6.42 Å². The molecular weight excluding hydrogens is 262 g/mol. The normalized spacial score (nSPS) is 10.7. The Kier molecular flexibility index (Phi) is 3.60. The Morgan fingerprint density at radius 1 is 1.05 bits per heavy atom. The topological polar surface area (TPSA) is 70.9 Å².